The fourth-order valence-corrected chi connectivity index (χ4v) is 8.50. The Morgan fingerprint density at radius 2 is 1.58 bits per heavy atom. The number of aliphatic hydroxyl groups excluding tert-OH is 1. The van der Waals surface area contributed by atoms with E-state index in [2.05, 4.69) is 42.2 Å². The van der Waals surface area contributed by atoms with Crippen molar-refractivity contribution in [3.05, 3.63) is 19.0 Å². The molecule has 2 unspecified atom stereocenters. The van der Waals surface area contributed by atoms with Gasteiger partial charge in [0.2, 0.25) is 5.95 Å². The molecule has 0 spiro atoms. The molecule has 45 heavy (non-hydrogen) atoms. The van der Waals surface area contributed by atoms with Gasteiger partial charge >= 0.3 is 13.5 Å². The van der Waals surface area contributed by atoms with Crippen LogP contribution in [0.4, 0.5) is 17.6 Å². The highest BCUT2D eigenvalue weighted by Crippen LogP contribution is 2.59. The first kappa shape index (κ1) is 31.0. The van der Waals surface area contributed by atoms with Crippen LogP contribution in [-0.2, 0) is 43.9 Å². The number of thiol groups is 1. The lowest BCUT2D eigenvalue weighted by Crippen LogP contribution is -2.36. The molecule has 24 heteroatoms. The summed E-state index contributed by atoms with van der Waals surface area (Å²) < 4.78 is 52.0. The van der Waals surface area contributed by atoms with Crippen molar-refractivity contribution in [1.82, 2.24) is 39.0 Å². The van der Waals surface area contributed by atoms with E-state index in [-0.39, 0.29) is 35.4 Å². The predicted octanol–water partition coefficient (Wildman–Crippen LogP) is 0.276. The van der Waals surface area contributed by atoms with E-state index in [0.717, 1.165) is 0 Å². The van der Waals surface area contributed by atoms with Crippen LogP contribution in [-0.4, -0.2) is 92.8 Å². The van der Waals surface area contributed by atoms with Gasteiger partial charge in [0.1, 0.15) is 41.8 Å². The first-order chi connectivity index (χ1) is 21.3. The zero-order chi connectivity index (χ0) is 31.8. The maximum absolute atomic E-state index is 13.7. The Morgan fingerprint density at radius 1 is 0.911 bits per heavy atom. The van der Waals surface area contributed by atoms with Crippen LogP contribution in [0.2, 0.25) is 0 Å². The lowest BCUT2D eigenvalue weighted by Gasteiger charge is -2.27. The highest BCUT2D eigenvalue weighted by Gasteiger charge is 2.52. The molecule has 7 rings (SSSR count). The minimum absolute atomic E-state index is 0.0160. The molecule has 7 heterocycles. The summed E-state index contributed by atoms with van der Waals surface area (Å²) in [6.07, 6.45) is -3.83. The van der Waals surface area contributed by atoms with Crippen LogP contribution in [0.5, 0.6) is 0 Å². The largest absolute Gasteiger partial charge is 0.386 e. The number of anilines is 3. The van der Waals surface area contributed by atoms with Crippen molar-refractivity contribution >= 4 is 77.5 Å². The van der Waals surface area contributed by atoms with Crippen LogP contribution in [0.25, 0.3) is 22.3 Å². The number of imidazole rings is 2. The third-order valence-corrected chi connectivity index (χ3v) is 10.9. The second kappa shape index (κ2) is 11.3. The first-order valence-electron chi connectivity index (χ1n) is 13.3. The number of nitrogens with two attached hydrogens (primary N) is 3. The van der Waals surface area contributed by atoms with Gasteiger partial charge in [0, 0.05) is 5.92 Å². The summed E-state index contributed by atoms with van der Waals surface area (Å²) in [5, 5.41) is 11.3. The molecule has 3 aliphatic rings. The summed E-state index contributed by atoms with van der Waals surface area (Å²) in [5.41, 5.74) is 18.7. The second-order valence-corrected chi connectivity index (χ2v) is 16.2. The molecule has 0 aromatic carbocycles. The van der Waals surface area contributed by atoms with E-state index in [1.165, 1.54) is 23.5 Å². The lowest BCUT2D eigenvalue weighted by atomic mass is 10.0. The van der Waals surface area contributed by atoms with Gasteiger partial charge in [-0.25, -0.2) is 24.5 Å². The molecular weight excluding hydrogens is 676 g/mol. The summed E-state index contributed by atoms with van der Waals surface area (Å²) in [4.78, 5) is 35.8. The Hall–Kier alpha value is -2.59. The van der Waals surface area contributed by atoms with Crippen molar-refractivity contribution in [3.8, 4) is 0 Å². The molecule has 4 aromatic rings. The summed E-state index contributed by atoms with van der Waals surface area (Å²) in [6.45, 7) is -7.20. The maximum Gasteiger partial charge on any atom is 0.386 e. The standard InChI is InChI=1S/C21H27N11O9P2S2/c1-7-8-2-36-43(35,45)41-14-9(39-19(12(14)33)32-6-28-11-16(23)29-21(24)30-18(11)32)3-37-42(34,44)40-13(7)20(38-8)31-5-27-10-15(22)25-4-26-17(10)31/h4-9,12-14,19-20,33H,2-3H2,1H3,(H,34,44)(H,35,45)(H2,22,25,26)(H4,23,24,29,30)/t7-,8-,9-,12-,13-,14-,19-,20-,42?,43?/m1/s1. The summed E-state index contributed by atoms with van der Waals surface area (Å²) in [7, 11) is 0. The number of rotatable bonds is 2. The number of nitrogens with zero attached hydrogens (tertiary/aromatic N) is 8. The van der Waals surface area contributed by atoms with Crippen molar-refractivity contribution < 1.29 is 42.1 Å². The van der Waals surface area contributed by atoms with E-state index in [9.17, 15) is 14.6 Å². The molecule has 3 aliphatic heterocycles. The topological polar surface area (TPSA) is 278 Å². The fourth-order valence-electron chi connectivity index (χ4n) is 5.53. The summed E-state index contributed by atoms with van der Waals surface area (Å²) in [6, 6.07) is 0. The number of hydrogen-bond donors (Lipinski definition) is 6. The Kier molecular flexibility index (Phi) is 7.78. The molecule has 0 saturated carbocycles. The Balaban J connectivity index is 1.20. The quantitative estimate of drug-likeness (QED) is 0.121. The van der Waals surface area contributed by atoms with Crippen molar-refractivity contribution in [3.63, 3.8) is 0 Å². The van der Waals surface area contributed by atoms with E-state index in [1.807, 2.05) is 0 Å². The Morgan fingerprint density at radius 3 is 2.33 bits per heavy atom. The van der Waals surface area contributed by atoms with Crippen molar-refractivity contribution in [2.75, 3.05) is 30.4 Å². The smallest absolute Gasteiger partial charge is 0.386 e. The van der Waals surface area contributed by atoms with Crippen molar-refractivity contribution in [1.29, 1.82) is 0 Å². The van der Waals surface area contributed by atoms with Crippen LogP contribution >= 0.6 is 25.8 Å². The molecule has 4 aromatic heterocycles. The van der Waals surface area contributed by atoms with Crippen LogP contribution in [0.1, 0.15) is 19.4 Å². The number of ether oxygens (including phenoxy) is 2. The van der Waals surface area contributed by atoms with Crippen LogP contribution in [0, 0.1) is 5.92 Å². The monoisotopic (exact) mass is 703 g/mol. The zero-order valence-electron chi connectivity index (χ0n) is 23.1. The highest BCUT2D eigenvalue weighted by molar-refractivity contribution is 8.44. The number of nitrogen functional groups attached to an aromatic ring is 3. The van der Waals surface area contributed by atoms with Crippen molar-refractivity contribution in [2.45, 2.75) is 49.9 Å². The average Bonchev–Trinajstić information content (AvgIpc) is 3.72. The predicted molar refractivity (Wildman–Crippen MR) is 162 cm³/mol. The Bertz CT molecular complexity index is 1880. The molecule has 10 atom stereocenters. The summed E-state index contributed by atoms with van der Waals surface area (Å²) in [5.74, 6) is -0.469. The SMILES string of the molecule is C[C@H]1[C@H]2OP(=O)(S)OC[C@H]3O[C@@H](n4cnc5c(N)nc(N)nc54)[C@H](O)[C@@H]3OP(O)(=S)OC[C@H]1O[C@H]2n1cnc2c(N)ncnc21. The summed E-state index contributed by atoms with van der Waals surface area (Å²) >= 11 is 9.53. The highest BCUT2D eigenvalue weighted by atomic mass is 32.7. The van der Waals surface area contributed by atoms with E-state index in [0.29, 0.717) is 11.2 Å². The molecule has 3 fully saturated rings. The zero-order valence-corrected chi connectivity index (χ0v) is 26.6. The van der Waals surface area contributed by atoms with Gasteiger partial charge in [0.05, 0.1) is 32.0 Å². The van der Waals surface area contributed by atoms with Crippen LogP contribution < -0.4 is 17.2 Å². The van der Waals surface area contributed by atoms with Crippen molar-refractivity contribution in [2.24, 2.45) is 5.92 Å². The molecule has 242 valence electrons. The number of aliphatic hydroxyl groups is 1. The first-order valence-corrected chi connectivity index (χ1v) is 18.6. The van der Waals surface area contributed by atoms with Gasteiger partial charge in [-0.1, -0.05) is 19.2 Å². The fraction of sp³-hybridized carbons (Fsp3) is 0.524. The normalized spacial score (nSPS) is 37.7. The van der Waals surface area contributed by atoms with Gasteiger partial charge in [-0.3, -0.25) is 22.7 Å². The van der Waals surface area contributed by atoms with Gasteiger partial charge < -0.3 is 41.2 Å². The molecule has 2 bridgehead atoms. The van der Waals surface area contributed by atoms with Gasteiger partial charge in [-0.2, -0.15) is 9.97 Å². The van der Waals surface area contributed by atoms with Gasteiger partial charge in [0.15, 0.2) is 35.4 Å². The molecule has 0 radical (unpaired) electrons. The molecule has 0 amide bonds. The number of hydrogen-bond acceptors (Lipinski definition) is 18. The third-order valence-electron chi connectivity index (χ3n) is 7.72. The van der Waals surface area contributed by atoms with Crippen LogP contribution in [0.15, 0.2) is 19.0 Å². The van der Waals surface area contributed by atoms with Gasteiger partial charge in [0.25, 0.3) is 0 Å². The number of fused-ring (bicyclic) bond motifs is 5. The van der Waals surface area contributed by atoms with E-state index >= 15 is 0 Å². The molecule has 3 saturated heterocycles. The van der Waals surface area contributed by atoms with E-state index < -0.39 is 69.0 Å². The molecule has 0 aliphatic carbocycles. The van der Waals surface area contributed by atoms with Gasteiger partial charge in [-0.15, -0.1) is 0 Å². The molecule has 8 N–H and O–H groups in total. The maximum atomic E-state index is 13.7. The lowest BCUT2D eigenvalue weighted by molar-refractivity contribution is -0.0583. The number of aromatic nitrogens is 8. The second-order valence-electron chi connectivity index (χ2n) is 10.5. The third kappa shape index (κ3) is 5.57. The molecule has 20 nitrogen and oxygen atoms in total. The Labute approximate surface area is 263 Å². The van der Waals surface area contributed by atoms with Gasteiger partial charge in [-0.05, 0) is 11.8 Å². The molecular formula is C21H27N11O9P2S2. The van der Waals surface area contributed by atoms with E-state index in [1.54, 1.807) is 11.5 Å². The average molecular weight is 704 g/mol. The minimum atomic E-state index is -4.17. The van der Waals surface area contributed by atoms with Crippen LogP contribution in [0.3, 0.4) is 0 Å². The van der Waals surface area contributed by atoms with E-state index in [4.69, 9.17) is 56.6 Å². The minimum Gasteiger partial charge on any atom is -0.386 e.